The van der Waals surface area contributed by atoms with E-state index in [0.717, 1.165) is 10.0 Å². The molecule has 1 aromatic rings. The van der Waals surface area contributed by atoms with Crippen LogP contribution in [0.5, 0.6) is 0 Å². The maximum atomic E-state index is 11.9. The second-order valence-corrected chi connectivity index (χ2v) is 6.81. The van der Waals surface area contributed by atoms with Gasteiger partial charge in [0.2, 0.25) is 5.91 Å². The van der Waals surface area contributed by atoms with Gasteiger partial charge >= 0.3 is 0 Å². The Morgan fingerprint density at radius 1 is 1.35 bits per heavy atom. The lowest BCUT2D eigenvalue weighted by atomic mass is 9.93. The molecular formula is C16H24BrNO2. The molecule has 0 bridgehead atoms. The topological polar surface area (TPSA) is 49.3 Å². The van der Waals surface area contributed by atoms with Crippen LogP contribution in [0.4, 0.5) is 0 Å². The van der Waals surface area contributed by atoms with Crippen LogP contribution in [0, 0.1) is 11.8 Å². The summed E-state index contributed by atoms with van der Waals surface area (Å²) in [6.07, 6.45) is 0.490. The van der Waals surface area contributed by atoms with Crippen molar-refractivity contribution in [2.24, 2.45) is 11.8 Å². The molecule has 1 aromatic carbocycles. The molecule has 0 aliphatic carbocycles. The first kappa shape index (κ1) is 17.2. The van der Waals surface area contributed by atoms with E-state index in [2.05, 4.69) is 42.0 Å². The van der Waals surface area contributed by atoms with Crippen LogP contribution in [0.15, 0.2) is 28.7 Å². The lowest BCUT2D eigenvalue weighted by molar-refractivity contribution is -0.123. The maximum Gasteiger partial charge on any atom is 0.220 e. The van der Waals surface area contributed by atoms with Crippen molar-refractivity contribution < 1.29 is 9.90 Å². The molecule has 3 nitrogen and oxygen atoms in total. The van der Waals surface area contributed by atoms with Gasteiger partial charge in [-0.05, 0) is 30.4 Å². The minimum absolute atomic E-state index is 0.0153. The van der Waals surface area contributed by atoms with Gasteiger partial charge in [-0.15, -0.1) is 0 Å². The standard InChI is InChI=1S/C16H24BrNO2/c1-11(2)12(3)9-15(19)18-10-16(4,20)13-7-5-6-8-14(13)17/h5-8,11-12,20H,9-10H2,1-4H3,(H,18,19). The number of hydrogen-bond donors (Lipinski definition) is 2. The second-order valence-electron chi connectivity index (χ2n) is 5.96. The van der Waals surface area contributed by atoms with Crippen molar-refractivity contribution in [3.63, 3.8) is 0 Å². The van der Waals surface area contributed by atoms with Gasteiger partial charge in [0.25, 0.3) is 0 Å². The van der Waals surface area contributed by atoms with E-state index in [1.165, 1.54) is 0 Å². The molecule has 0 saturated carbocycles. The molecule has 2 unspecified atom stereocenters. The fourth-order valence-corrected chi connectivity index (χ4v) is 2.58. The molecule has 0 aromatic heterocycles. The van der Waals surface area contributed by atoms with Gasteiger partial charge < -0.3 is 10.4 Å². The van der Waals surface area contributed by atoms with E-state index in [9.17, 15) is 9.90 Å². The summed E-state index contributed by atoms with van der Waals surface area (Å²) in [5.41, 5.74) is -0.311. The highest BCUT2D eigenvalue weighted by molar-refractivity contribution is 9.10. The van der Waals surface area contributed by atoms with Crippen molar-refractivity contribution in [3.8, 4) is 0 Å². The Morgan fingerprint density at radius 2 is 1.95 bits per heavy atom. The monoisotopic (exact) mass is 341 g/mol. The summed E-state index contributed by atoms with van der Waals surface area (Å²) in [4.78, 5) is 11.9. The minimum atomic E-state index is -1.09. The molecule has 1 amide bonds. The van der Waals surface area contributed by atoms with Gasteiger partial charge in [0, 0.05) is 10.9 Å². The normalized spacial score (nSPS) is 15.8. The van der Waals surface area contributed by atoms with Gasteiger partial charge in [0.1, 0.15) is 5.60 Å². The average molecular weight is 342 g/mol. The highest BCUT2D eigenvalue weighted by Crippen LogP contribution is 2.27. The number of carbonyl (C=O) groups is 1. The molecule has 112 valence electrons. The van der Waals surface area contributed by atoms with Crippen LogP contribution >= 0.6 is 15.9 Å². The second kappa shape index (κ2) is 7.23. The summed E-state index contributed by atoms with van der Waals surface area (Å²) >= 11 is 3.43. The zero-order valence-corrected chi connectivity index (χ0v) is 14.2. The molecule has 0 radical (unpaired) electrons. The molecule has 0 saturated heterocycles. The fourth-order valence-electron chi connectivity index (χ4n) is 1.86. The number of halogens is 1. The van der Waals surface area contributed by atoms with Crippen molar-refractivity contribution in [2.75, 3.05) is 6.54 Å². The molecule has 0 fully saturated rings. The van der Waals surface area contributed by atoms with Gasteiger partial charge in [-0.1, -0.05) is 54.9 Å². The molecular weight excluding hydrogens is 318 g/mol. The average Bonchev–Trinajstić information content (AvgIpc) is 2.36. The van der Waals surface area contributed by atoms with Gasteiger partial charge in [0.15, 0.2) is 0 Å². The van der Waals surface area contributed by atoms with Crippen LogP contribution in [-0.2, 0) is 10.4 Å². The Morgan fingerprint density at radius 3 is 2.50 bits per heavy atom. The number of aliphatic hydroxyl groups is 1. The van der Waals surface area contributed by atoms with Crippen LogP contribution in [0.2, 0.25) is 0 Å². The van der Waals surface area contributed by atoms with Crippen molar-refractivity contribution in [3.05, 3.63) is 34.3 Å². The maximum absolute atomic E-state index is 11.9. The highest BCUT2D eigenvalue weighted by atomic mass is 79.9. The third-order valence-corrected chi connectivity index (χ3v) is 4.42. The Bertz CT molecular complexity index is 458. The van der Waals surface area contributed by atoms with Crippen LogP contribution in [0.25, 0.3) is 0 Å². The Balaban J connectivity index is 2.60. The van der Waals surface area contributed by atoms with E-state index < -0.39 is 5.60 Å². The van der Waals surface area contributed by atoms with Crippen LogP contribution < -0.4 is 5.32 Å². The van der Waals surface area contributed by atoms with E-state index in [0.29, 0.717) is 18.3 Å². The van der Waals surface area contributed by atoms with Crippen molar-refractivity contribution >= 4 is 21.8 Å². The van der Waals surface area contributed by atoms with Crippen LogP contribution in [0.1, 0.15) is 39.7 Å². The number of hydrogen-bond acceptors (Lipinski definition) is 2. The van der Waals surface area contributed by atoms with Crippen LogP contribution in [0.3, 0.4) is 0 Å². The molecule has 2 atom stereocenters. The van der Waals surface area contributed by atoms with Crippen molar-refractivity contribution in [1.82, 2.24) is 5.32 Å². The Kier molecular flexibility index (Phi) is 6.21. The zero-order valence-electron chi connectivity index (χ0n) is 12.6. The summed E-state index contributed by atoms with van der Waals surface area (Å²) < 4.78 is 0.842. The molecule has 4 heteroatoms. The summed E-state index contributed by atoms with van der Waals surface area (Å²) in [5.74, 6) is 0.798. The third-order valence-electron chi connectivity index (χ3n) is 3.73. The Hall–Kier alpha value is -0.870. The molecule has 1 rings (SSSR count). The summed E-state index contributed by atoms with van der Waals surface area (Å²) in [7, 11) is 0. The van der Waals surface area contributed by atoms with E-state index >= 15 is 0 Å². The first-order valence-corrected chi connectivity index (χ1v) is 7.77. The van der Waals surface area contributed by atoms with Gasteiger partial charge in [-0.3, -0.25) is 4.79 Å². The number of rotatable bonds is 6. The number of nitrogens with one attached hydrogen (secondary N) is 1. The fraction of sp³-hybridized carbons (Fsp3) is 0.562. The van der Waals surface area contributed by atoms with E-state index in [-0.39, 0.29) is 12.5 Å². The predicted octanol–water partition coefficient (Wildman–Crippen LogP) is 3.46. The largest absolute Gasteiger partial charge is 0.384 e. The van der Waals surface area contributed by atoms with E-state index in [1.54, 1.807) is 6.92 Å². The van der Waals surface area contributed by atoms with Crippen molar-refractivity contribution in [1.29, 1.82) is 0 Å². The third kappa shape index (κ3) is 4.91. The van der Waals surface area contributed by atoms with Gasteiger partial charge in [0.05, 0.1) is 6.54 Å². The minimum Gasteiger partial charge on any atom is -0.384 e. The first-order valence-electron chi connectivity index (χ1n) is 6.98. The van der Waals surface area contributed by atoms with Crippen LogP contribution in [-0.4, -0.2) is 17.6 Å². The lowest BCUT2D eigenvalue weighted by Gasteiger charge is -2.26. The SMILES string of the molecule is CC(C)C(C)CC(=O)NCC(C)(O)c1ccccc1Br. The lowest BCUT2D eigenvalue weighted by Crippen LogP contribution is -2.39. The van der Waals surface area contributed by atoms with E-state index in [4.69, 9.17) is 0 Å². The number of carbonyl (C=O) groups excluding carboxylic acids is 1. The van der Waals surface area contributed by atoms with Gasteiger partial charge in [-0.25, -0.2) is 0 Å². The molecule has 0 aliphatic rings. The molecule has 0 aliphatic heterocycles. The smallest absolute Gasteiger partial charge is 0.220 e. The summed E-state index contributed by atoms with van der Waals surface area (Å²) in [5, 5.41) is 13.3. The molecule has 0 heterocycles. The zero-order chi connectivity index (χ0) is 15.3. The quantitative estimate of drug-likeness (QED) is 0.832. The summed E-state index contributed by atoms with van der Waals surface area (Å²) in [6.45, 7) is 8.19. The molecule has 0 spiro atoms. The highest BCUT2D eigenvalue weighted by Gasteiger charge is 2.26. The molecule has 2 N–H and O–H groups in total. The summed E-state index contributed by atoms with van der Waals surface area (Å²) in [6, 6.07) is 7.50. The predicted molar refractivity (Wildman–Crippen MR) is 85.3 cm³/mol. The number of amides is 1. The number of benzene rings is 1. The van der Waals surface area contributed by atoms with E-state index in [1.807, 2.05) is 24.3 Å². The van der Waals surface area contributed by atoms with Gasteiger partial charge in [-0.2, -0.15) is 0 Å². The van der Waals surface area contributed by atoms with Crippen molar-refractivity contribution in [2.45, 2.75) is 39.7 Å². The first-order chi connectivity index (χ1) is 9.24. The Labute approximate surface area is 129 Å². The molecule has 20 heavy (non-hydrogen) atoms.